The summed E-state index contributed by atoms with van der Waals surface area (Å²) in [6, 6.07) is 1.30. The maximum Gasteiger partial charge on any atom is 0.245 e. The van der Waals surface area contributed by atoms with E-state index in [1.807, 2.05) is 6.07 Å². The van der Waals surface area contributed by atoms with Gasteiger partial charge in [0.05, 0.1) is 11.9 Å². The molecule has 2 atom stereocenters. The average Bonchev–Trinajstić information content (AvgIpc) is 3.16. The molecule has 2 saturated carbocycles. The third kappa shape index (κ3) is 3.44. The molecule has 0 aromatic rings. The van der Waals surface area contributed by atoms with E-state index in [1.165, 1.54) is 11.8 Å². The van der Waals surface area contributed by atoms with Crippen molar-refractivity contribution in [3.05, 3.63) is 0 Å². The molecule has 6 nitrogen and oxygen atoms in total. The van der Waals surface area contributed by atoms with Gasteiger partial charge in [0.2, 0.25) is 11.8 Å². The standard InChI is InChI=1S/C17H23N3O3S/c18-8-13(16(22)19-12-6-1-2-7-12)15(21)14-9-24-10-20(14)17(23)11-4-3-5-11/h11-14H,1-7,9-10H2,(H,19,22)/t13-,14+/m0/s1. The molecule has 1 N–H and O–H groups in total. The smallest absolute Gasteiger partial charge is 0.245 e. The monoisotopic (exact) mass is 349 g/mol. The van der Waals surface area contributed by atoms with Crippen LogP contribution in [-0.4, -0.2) is 46.2 Å². The fraction of sp³-hybridized carbons (Fsp3) is 0.765. The van der Waals surface area contributed by atoms with Crippen molar-refractivity contribution in [2.75, 3.05) is 11.6 Å². The van der Waals surface area contributed by atoms with Gasteiger partial charge >= 0.3 is 0 Å². The normalized spacial score (nSPS) is 25.8. The van der Waals surface area contributed by atoms with E-state index in [1.54, 1.807) is 4.90 Å². The number of nitrogens with one attached hydrogen (secondary N) is 1. The summed E-state index contributed by atoms with van der Waals surface area (Å²) in [5.41, 5.74) is 0. The van der Waals surface area contributed by atoms with Crippen molar-refractivity contribution in [1.82, 2.24) is 10.2 Å². The molecule has 0 aromatic carbocycles. The molecule has 24 heavy (non-hydrogen) atoms. The van der Waals surface area contributed by atoms with Gasteiger partial charge < -0.3 is 10.2 Å². The third-order valence-corrected chi connectivity index (χ3v) is 6.34. The van der Waals surface area contributed by atoms with Crippen LogP contribution in [0.15, 0.2) is 0 Å². The highest BCUT2D eigenvalue weighted by atomic mass is 32.2. The van der Waals surface area contributed by atoms with Crippen molar-refractivity contribution in [1.29, 1.82) is 5.26 Å². The molecule has 1 aliphatic heterocycles. The zero-order valence-electron chi connectivity index (χ0n) is 13.7. The molecule has 1 heterocycles. The lowest BCUT2D eigenvalue weighted by Gasteiger charge is -2.32. The third-order valence-electron chi connectivity index (χ3n) is 5.33. The second-order valence-electron chi connectivity index (χ2n) is 6.91. The van der Waals surface area contributed by atoms with Gasteiger partial charge in [-0.15, -0.1) is 11.8 Å². The van der Waals surface area contributed by atoms with Gasteiger partial charge in [0.25, 0.3) is 0 Å². The minimum Gasteiger partial charge on any atom is -0.352 e. The van der Waals surface area contributed by atoms with E-state index >= 15 is 0 Å². The molecule has 2 aliphatic carbocycles. The molecule has 130 valence electrons. The molecule has 2 amide bonds. The van der Waals surface area contributed by atoms with Crippen molar-refractivity contribution in [3.8, 4) is 6.07 Å². The summed E-state index contributed by atoms with van der Waals surface area (Å²) in [6.45, 7) is 0. The maximum absolute atomic E-state index is 12.7. The van der Waals surface area contributed by atoms with Gasteiger partial charge in [-0.1, -0.05) is 19.3 Å². The average molecular weight is 349 g/mol. The Morgan fingerprint density at radius 3 is 2.42 bits per heavy atom. The van der Waals surface area contributed by atoms with Crippen LogP contribution in [0.4, 0.5) is 0 Å². The first-order chi connectivity index (χ1) is 11.6. The first-order valence-corrected chi connectivity index (χ1v) is 9.89. The quantitative estimate of drug-likeness (QED) is 0.759. The van der Waals surface area contributed by atoms with Gasteiger partial charge in [-0.25, -0.2) is 0 Å². The lowest BCUT2D eigenvalue weighted by Crippen LogP contribution is -2.50. The van der Waals surface area contributed by atoms with Gasteiger partial charge in [0, 0.05) is 17.7 Å². The van der Waals surface area contributed by atoms with Crippen molar-refractivity contribution in [3.63, 3.8) is 0 Å². The maximum atomic E-state index is 12.7. The van der Waals surface area contributed by atoms with Gasteiger partial charge in [-0.2, -0.15) is 5.26 Å². The summed E-state index contributed by atoms with van der Waals surface area (Å²) < 4.78 is 0. The largest absolute Gasteiger partial charge is 0.352 e. The number of carbonyl (C=O) groups is 3. The topological polar surface area (TPSA) is 90.3 Å². The van der Waals surface area contributed by atoms with E-state index in [0.29, 0.717) is 11.6 Å². The number of thioether (sulfide) groups is 1. The number of Topliss-reactive ketones (excluding diaryl/α,β-unsaturated/α-hetero) is 1. The van der Waals surface area contributed by atoms with Crippen LogP contribution < -0.4 is 5.32 Å². The Morgan fingerprint density at radius 1 is 1.12 bits per heavy atom. The number of amides is 2. The van der Waals surface area contributed by atoms with Crippen LogP contribution in [0.1, 0.15) is 44.9 Å². The Balaban J connectivity index is 1.64. The lowest BCUT2D eigenvalue weighted by atomic mass is 9.84. The van der Waals surface area contributed by atoms with Crippen LogP contribution in [0, 0.1) is 23.2 Å². The Kier molecular flexibility index (Phi) is 5.44. The molecule has 0 unspecified atom stereocenters. The molecule has 0 radical (unpaired) electrons. The number of nitrogens with zero attached hydrogens (tertiary/aromatic N) is 2. The molecule has 3 rings (SSSR count). The number of hydrogen-bond acceptors (Lipinski definition) is 5. The molecular weight excluding hydrogens is 326 g/mol. The molecule has 3 aliphatic rings. The van der Waals surface area contributed by atoms with Gasteiger partial charge in [-0.05, 0) is 25.7 Å². The van der Waals surface area contributed by atoms with Crippen LogP contribution >= 0.6 is 11.8 Å². The fourth-order valence-electron chi connectivity index (χ4n) is 3.58. The number of carbonyl (C=O) groups excluding carboxylic acids is 3. The summed E-state index contributed by atoms with van der Waals surface area (Å²) >= 11 is 1.51. The van der Waals surface area contributed by atoms with Gasteiger partial charge in [0.1, 0.15) is 6.04 Å². The zero-order valence-corrected chi connectivity index (χ0v) is 14.5. The summed E-state index contributed by atoms with van der Waals surface area (Å²) in [4.78, 5) is 39.2. The summed E-state index contributed by atoms with van der Waals surface area (Å²) in [6.07, 6.45) is 6.77. The number of ketones is 1. The second-order valence-corrected chi connectivity index (χ2v) is 7.91. The molecule has 1 saturated heterocycles. The van der Waals surface area contributed by atoms with E-state index in [0.717, 1.165) is 44.9 Å². The van der Waals surface area contributed by atoms with Crippen LogP contribution in [-0.2, 0) is 14.4 Å². The molecule has 7 heteroatoms. The number of nitriles is 1. The highest BCUT2D eigenvalue weighted by Crippen LogP contribution is 2.33. The van der Waals surface area contributed by atoms with Crippen LogP contribution in [0.5, 0.6) is 0 Å². The van der Waals surface area contributed by atoms with E-state index in [-0.39, 0.29) is 17.9 Å². The highest BCUT2D eigenvalue weighted by molar-refractivity contribution is 7.99. The molecule has 0 bridgehead atoms. The predicted octanol–water partition coefficient (Wildman–Crippen LogP) is 1.46. The van der Waals surface area contributed by atoms with Crippen molar-refractivity contribution in [2.24, 2.45) is 11.8 Å². The molecule has 0 spiro atoms. The van der Waals surface area contributed by atoms with Gasteiger partial charge in [0.15, 0.2) is 11.7 Å². The van der Waals surface area contributed by atoms with Crippen LogP contribution in [0.3, 0.4) is 0 Å². The first-order valence-electron chi connectivity index (χ1n) is 8.73. The minimum absolute atomic E-state index is 0.0116. The van der Waals surface area contributed by atoms with E-state index in [9.17, 15) is 19.6 Å². The minimum atomic E-state index is -1.31. The second kappa shape index (κ2) is 7.56. The molecule has 3 fully saturated rings. The first kappa shape index (κ1) is 17.3. The fourth-order valence-corrected chi connectivity index (χ4v) is 4.76. The highest BCUT2D eigenvalue weighted by Gasteiger charge is 2.43. The van der Waals surface area contributed by atoms with Crippen molar-refractivity contribution >= 4 is 29.4 Å². The van der Waals surface area contributed by atoms with Crippen molar-refractivity contribution < 1.29 is 14.4 Å². The number of rotatable bonds is 5. The number of hydrogen-bond donors (Lipinski definition) is 1. The Labute approximate surface area is 146 Å². The SMILES string of the molecule is N#C[C@H](C(=O)NC1CCCC1)C(=O)[C@H]1CSCN1C(=O)C1CCC1. The van der Waals surface area contributed by atoms with Crippen LogP contribution in [0.25, 0.3) is 0 Å². The lowest BCUT2D eigenvalue weighted by molar-refractivity contribution is -0.145. The van der Waals surface area contributed by atoms with Crippen LogP contribution in [0.2, 0.25) is 0 Å². The summed E-state index contributed by atoms with van der Waals surface area (Å²) in [7, 11) is 0. The summed E-state index contributed by atoms with van der Waals surface area (Å²) in [5.74, 6) is -1.25. The zero-order chi connectivity index (χ0) is 17.1. The van der Waals surface area contributed by atoms with E-state index in [2.05, 4.69) is 5.32 Å². The summed E-state index contributed by atoms with van der Waals surface area (Å²) in [5, 5.41) is 12.2. The van der Waals surface area contributed by atoms with Gasteiger partial charge in [-0.3, -0.25) is 14.4 Å². The Morgan fingerprint density at radius 2 is 1.83 bits per heavy atom. The van der Waals surface area contributed by atoms with Crippen molar-refractivity contribution in [2.45, 2.75) is 57.0 Å². The molecule has 0 aromatic heterocycles. The van der Waals surface area contributed by atoms with E-state index < -0.39 is 23.7 Å². The Bertz CT molecular complexity index is 564. The predicted molar refractivity (Wildman–Crippen MR) is 89.8 cm³/mol. The molecular formula is C17H23N3O3S. The Hall–Kier alpha value is -1.55. The van der Waals surface area contributed by atoms with E-state index in [4.69, 9.17) is 0 Å².